The smallest absolute Gasteiger partial charge is 0.240 e. The van der Waals surface area contributed by atoms with Crippen LogP contribution in [0.5, 0.6) is 0 Å². The molecule has 1 N–H and O–H groups in total. The highest BCUT2D eigenvalue weighted by atomic mass is 32.2. The number of nitrogens with one attached hydrogen (secondary N) is 1. The van der Waals surface area contributed by atoms with E-state index in [1.54, 1.807) is 6.07 Å². The molecule has 0 aromatic heterocycles. The van der Waals surface area contributed by atoms with Gasteiger partial charge in [0.25, 0.3) is 0 Å². The van der Waals surface area contributed by atoms with Crippen molar-refractivity contribution in [3.63, 3.8) is 0 Å². The molecule has 2 aromatic rings. The molecule has 0 bridgehead atoms. The third-order valence-electron chi connectivity index (χ3n) is 5.17. The minimum atomic E-state index is -3.48. The molecule has 3 rings (SSSR count). The summed E-state index contributed by atoms with van der Waals surface area (Å²) < 4.78 is 27.9. The third-order valence-corrected chi connectivity index (χ3v) is 6.57. The second-order valence-electron chi connectivity index (χ2n) is 6.89. The van der Waals surface area contributed by atoms with Gasteiger partial charge in [0.15, 0.2) is 0 Å². The second-order valence-corrected chi connectivity index (χ2v) is 8.65. The molecule has 140 valence electrons. The number of benzene rings is 2. The zero-order valence-corrected chi connectivity index (χ0v) is 16.5. The van der Waals surface area contributed by atoms with E-state index < -0.39 is 10.0 Å². The SMILES string of the molecule is CCN(CC)Cc1ccc(CNS(=O)(=O)c2ccc3c(c2)CCC3)cc1. The van der Waals surface area contributed by atoms with Crippen molar-refractivity contribution in [3.05, 3.63) is 64.7 Å². The molecule has 5 heteroatoms. The zero-order valence-electron chi connectivity index (χ0n) is 15.7. The quantitative estimate of drug-likeness (QED) is 0.772. The molecule has 26 heavy (non-hydrogen) atoms. The van der Waals surface area contributed by atoms with Gasteiger partial charge in [-0.05, 0) is 66.7 Å². The van der Waals surface area contributed by atoms with Gasteiger partial charge in [0.05, 0.1) is 4.90 Å². The van der Waals surface area contributed by atoms with Crippen LogP contribution in [0.1, 0.15) is 42.5 Å². The number of aryl methyl sites for hydroxylation is 2. The Hall–Kier alpha value is -1.69. The molecular weight excluding hydrogens is 344 g/mol. The van der Waals surface area contributed by atoms with Crippen LogP contribution in [0.25, 0.3) is 0 Å². The third kappa shape index (κ3) is 4.53. The zero-order chi connectivity index (χ0) is 18.6. The lowest BCUT2D eigenvalue weighted by Gasteiger charge is -2.18. The van der Waals surface area contributed by atoms with E-state index in [-0.39, 0.29) is 0 Å². The van der Waals surface area contributed by atoms with E-state index >= 15 is 0 Å². The summed E-state index contributed by atoms with van der Waals surface area (Å²) in [5, 5.41) is 0. The van der Waals surface area contributed by atoms with E-state index in [4.69, 9.17) is 0 Å². The van der Waals surface area contributed by atoms with Crippen molar-refractivity contribution in [2.24, 2.45) is 0 Å². The molecular formula is C21H28N2O2S. The van der Waals surface area contributed by atoms with E-state index in [9.17, 15) is 8.42 Å². The fourth-order valence-electron chi connectivity index (χ4n) is 3.44. The van der Waals surface area contributed by atoms with E-state index in [0.29, 0.717) is 11.4 Å². The Balaban J connectivity index is 1.62. The minimum Gasteiger partial charge on any atom is -0.300 e. The lowest BCUT2D eigenvalue weighted by atomic mass is 10.1. The van der Waals surface area contributed by atoms with Crippen molar-refractivity contribution in [1.29, 1.82) is 0 Å². The molecule has 4 nitrogen and oxygen atoms in total. The van der Waals surface area contributed by atoms with Gasteiger partial charge < -0.3 is 0 Å². The van der Waals surface area contributed by atoms with Gasteiger partial charge in [0.2, 0.25) is 10.0 Å². The normalized spacial score (nSPS) is 14.0. The highest BCUT2D eigenvalue weighted by Crippen LogP contribution is 2.24. The summed E-state index contributed by atoms with van der Waals surface area (Å²) in [5.41, 5.74) is 4.68. The summed E-state index contributed by atoms with van der Waals surface area (Å²) in [7, 11) is -3.48. The largest absolute Gasteiger partial charge is 0.300 e. The summed E-state index contributed by atoms with van der Waals surface area (Å²) in [6, 6.07) is 13.7. The first-order valence-electron chi connectivity index (χ1n) is 9.43. The summed E-state index contributed by atoms with van der Waals surface area (Å²) in [6.07, 6.45) is 3.15. The number of rotatable bonds is 8. The van der Waals surface area contributed by atoms with Crippen molar-refractivity contribution in [3.8, 4) is 0 Å². The standard InChI is InChI=1S/C21H28N2O2S/c1-3-23(4-2)16-18-10-8-17(9-11-18)15-22-26(24,25)21-13-12-19-6-5-7-20(19)14-21/h8-14,22H,3-7,15-16H2,1-2H3. The van der Waals surface area contributed by atoms with Gasteiger partial charge in [-0.2, -0.15) is 0 Å². The van der Waals surface area contributed by atoms with Crippen LogP contribution in [0.2, 0.25) is 0 Å². The molecule has 0 fully saturated rings. The van der Waals surface area contributed by atoms with Gasteiger partial charge >= 0.3 is 0 Å². The predicted octanol–water partition coefficient (Wildman–Crippen LogP) is 3.50. The van der Waals surface area contributed by atoms with Crippen molar-refractivity contribution in [2.45, 2.75) is 51.1 Å². The average molecular weight is 373 g/mol. The Morgan fingerprint density at radius 1 is 0.923 bits per heavy atom. The average Bonchev–Trinajstić information content (AvgIpc) is 3.13. The fourth-order valence-corrected chi connectivity index (χ4v) is 4.51. The van der Waals surface area contributed by atoms with Gasteiger partial charge in [0, 0.05) is 13.1 Å². The van der Waals surface area contributed by atoms with Crippen molar-refractivity contribution < 1.29 is 8.42 Å². The van der Waals surface area contributed by atoms with Crippen LogP contribution in [0.3, 0.4) is 0 Å². The highest BCUT2D eigenvalue weighted by molar-refractivity contribution is 7.89. The number of hydrogen-bond donors (Lipinski definition) is 1. The lowest BCUT2D eigenvalue weighted by Crippen LogP contribution is -2.23. The van der Waals surface area contributed by atoms with Crippen LogP contribution in [-0.2, 0) is 36.0 Å². The molecule has 0 saturated heterocycles. The molecule has 0 atom stereocenters. The Bertz CT molecular complexity index is 841. The number of hydrogen-bond acceptors (Lipinski definition) is 3. The maximum Gasteiger partial charge on any atom is 0.240 e. The Labute approximate surface area is 157 Å². The van der Waals surface area contributed by atoms with Crippen LogP contribution < -0.4 is 4.72 Å². The van der Waals surface area contributed by atoms with Crippen LogP contribution in [0, 0.1) is 0 Å². The molecule has 0 saturated carbocycles. The Morgan fingerprint density at radius 2 is 1.58 bits per heavy atom. The molecule has 1 aliphatic carbocycles. The maximum absolute atomic E-state index is 12.6. The van der Waals surface area contributed by atoms with Gasteiger partial charge in [0.1, 0.15) is 0 Å². The van der Waals surface area contributed by atoms with Gasteiger partial charge in [-0.1, -0.05) is 44.2 Å². The minimum absolute atomic E-state index is 0.310. The first-order valence-corrected chi connectivity index (χ1v) is 10.9. The molecule has 2 aromatic carbocycles. The van der Waals surface area contributed by atoms with E-state index in [1.807, 2.05) is 24.3 Å². The van der Waals surface area contributed by atoms with Crippen LogP contribution in [-0.4, -0.2) is 26.4 Å². The van der Waals surface area contributed by atoms with Crippen molar-refractivity contribution >= 4 is 10.0 Å². The molecule has 0 spiro atoms. The van der Waals surface area contributed by atoms with Crippen LogP contribution in [0.4, 0.5) is 0 Å². The Kier molecular flexibility index (Phi) is 6.12. The summed E-state index contributed by atoms with van der Waals surface area (Å²) >= 11 is 0. The van der Waals surface area contributed by atoms with Crippen molar-refractivity contribution in [2.75, 3.05) is 13.1 Å². The first kappa shape index (κ1) is 19.1. The summed E-state index contributed by atoms with van der Waals surface area (Å²) in [5.74, 6) is 0. The molecule has 0 amide bonds. The molecule has 0 unspecified atom stereocenters. The summed E-state index contributed by atoms with van der Waals surface area (Å²) in [4.78, 5) is 2.72. The molecule has 1 aliphatic rings. The first-order chi connectivity index (χ1) is 12.5. The van der Waals surface area contributed by atoms with E-state index in [0.717, 1.165) is 44.5 Å². The second kappa shape index (κ2) is 8.33. The van der Waals surface area contributed by atoms with Gasteiger partial charge in [-0.15, -0.1) is 0 Å². The molecule has 0 aliphatic heterocycles. The number of fused-ring (bicyclic) bond motifs is 1. The number of nitrogens with zero attached hydrogens (tertiary/aromatic N) is 1. The van der Waals surface area contributed by atoms with Crippen LogP contribution in [0.15, 0.2) is 47.4 Å². The van der Waals surface area contributed by atoms with Crippen molar-refractivity contribution in [1.82, 2.24) is 9.62 Å². The fraction of sp³-hybridized carbons (Fsp3) is 0.429. The van der Waals surface area contributed by atoms with E-state index in [2.05, 4.69) is 35.6 Å². The lowest BCUT2D eigenvalue weighted by molar-refractivity contribution is 0.296. The molecule has 0 heterocycles. The van der Waals surface area contributed by atoms with Gasteiger partial charge in [-0.25, -0.2) is 13.1 Å². The number of sulfonamides is 1. The maximum atomic E-state index is 12.6. The van der Waals surface area contributed by atoms with Crippen LogP contribution >= 0.6 is 0 Å². The monoisotopic (exact) mass is 372 g/mol. The van der Waals surface area contributed by atoms with E-state index in [1.165, 1.54) is 16.7 Å². The predicted molar refractivity (Wildman–Crippen MR) is 106 cm³/mol. The topological polar surface area (TPSA) is 49.4 Å². The highest BCUT2D eigenvalue weighted by Gasteiger charge is 2.18. The molecule has 0 radical (unpaired) electrons. The summed E-state index contributed by atoms with van der Waals surface area (Å²) in [6.45, 7) is 7.61. The van der Waals surface area contributed by atoms with Gasteiger partial charge in [-0.3, -0.25) is 4.90 Å². The Morgan fingerprint density at radius 3 is 2.27 bits per heavy atom.